The van der Waals surface area contributed by atoms with E-state index in [1.807, 2.05) is 42.1 Å². The van der Waals surface area contributed by atoms with Crippen LogP contribution in [-0.4, -0.2) is 32.9 Å². The minimum Gasteiger partial charge on any atom is -0.465 e. The highest BCUT2D eigenvalue weighted by molar-refractivity contribution is 5.65. The SMILES string of the molecule is Cc1ccc(-c2ccn(-c3ccc(C)c(CN(C)C(=O)O)c3)n2)c(C)c1. The van der Waals surface area contributed by atoms with Gasteiger partial charge in [0.15, 0.2) is 0 Å². The molecule has 1 N–H and O–H groups in total. The third kappa shape index (κ3) is 3.61. The molecule has 0 aliphatic rings. The second-order valence-corrected chi connectivity index (χ2v) is 6.71. The second-order valence-electron chi connectivity index (χ2n) is 6.71. The Balaban J connectivity index is 1.93. The first-order valence-electron chi connectivity index (χ1n) is 8.52. The average molecular weight is 349 g/mol. The van der Waals surface area contributed by atoms with Crippen molar-refractivity contribution >= 4 is 6.09 Å². The number of carboxylic acid groups (broad SMARTS) is 1. The van der Waals surface area contributed by atoms with Gasteiger partial charge in [-0.05, 0) is 55.7 Å². The van der Waals surface area contributed by atoms with E-state index in [9.17, 15) is 4.79 Å². The molecule has 0 fully saturated rings. The number of aromatic nitrogens is 2. The van der Waals surface area contributed by atoms with Gasteiger partial charge in [0.25, 0.3) is 0 Å². The number of nitrogens with zero attached hydrogens (tertiary/aromatic N) is 3. The summed E-state index contributed by atoms with van der Waals surface area (Å²) in [5.74, 6) is 0. The number of benzene rings is 2. The molecule has 1 aromatic heterocycles. The van der Waals surface area contributed by atoms with Gasteiger partial charge in [0.2, 0.25) is 0 Å². The number of hydrogen-bond donors (Lipinski definition) is 1. The van der Waals surface area contributed by atoms with E-state index >= 15 is 0 Å². The smallest absolute Gasteiger partial charge is 0.407 e. The van der Waals surface area contributed by atoms with Crippen LogP contribution in [0.1, 0.15) is 22.3 Å². The normalized spacial score (nSPS) is 10.8. The van der Waals surface area contributed by atoms with Gasteiger partial charge in [-0.1, -0.05) is 29.8 Å². The summed E-state index contributed by atoms with van der Waals surface area (Å²) in [7, 11) is 1.57. The highest BCUT2D eigenvalue weighted by Crippen LogP contribution is 2.24. The van der Waals surface area contributed by atoms with E-state index in [1.165, 1.54) is 16.0 Å². The molecule has 2 aromatic carbocycles. The van der Waals surface area contributed by atoms with Gasteiger partial charge in [0.1, 0.15) is 0 Å². The topological polar surface area (TPSA) is 58.4 Å². The lowest BCUT2D eigenvalue weighted by Crippen LogP contribution is -2.24. The lowest BCUT2D eigenvalue weighted by molar-refractivity contribution is 0.153. The monoisotopic (exact) mass is 349 g/mol. The molecule has 0 aliphatic carbocycles. The quantitative estimate of drug-likeness (QED) is 0.750. The van der Waals surface area contributed by atoms with Crippen LogP contribution < -0.4 is 0 Å². The highest BCUT2D eigenvalue weighted by Gasteiger charge is 2.11. The number of amides is 1. The van der Waals surface area contributed by atoms with Crippen LogP contribution in [0, 0.1) is 20.8 Å². The number of hydrogen-bond acceptors (Lipinski definition) is 2. The molecular formula is C21H23N3O2. The maximum absolute atomic E-state index is 11.1. The first-order chi connectivity index (χ1) is 12.3. The predicted octanol–water partition coefficient (Wildman–Crippen LogP) is 4.57. The van der Waals surface area contributed by atoms with Crippen molar-refractivity contribution in [2.75, 3.05) is 7.05 Å². The molecule has 3 aromatic rings. The van der Waals surface area contributed by atoms with Crippen molar-refractivity contribution < 1.29 is 9.90 Å². The number of rotatable bonds is 4. The van der Waals surface area contributed by atoms with E-state index in [4.69, 9.17) is 10.2 Å². The molecule has 0 radical (unpaired) electrons. The van der Waals surface area contributed by atoms with Gasteiger partial charge in [-0.15, -0.1) is 0 Å². The fourth-order valence-corrected chi connectivity index (χ4v) is 3.01. The summed E-state index contributed by atoms with van der Waals surface area (Å²) >= 11 is 0. The zero-order valence-electron chi connectivity index (χ0n) is 15.5. The van der Waals surface area contributed by atoms with Crippen molar-refractivity contribution in [3.8, 4) is 16.9 Å². The fourth-order valence-electron chi connectivity index (χ4n) is 3.01. The van der Waals surface area contributed by atoms with E-state index in [0.717, 1.165) is 28.1 Å². The van der Waals surface area contributed by atoms with E-state index in [0.29, 0.717) is 6.54 Å². The Morgan fingerprint density at radius 2 is 1.85 bits per heavy atom. The summed E-state index contributed by atoms with van der Waals surface area (Å²) < 4.78 is 1.83. The van der Waals surface area contributed by atoms with Gasteiger partial charge in [-0.2, -0.15) is 5.10 Å². The van der Waals surface area contributed by atoms with Crippen LogP contribution in [0.2, 0.25) is 0 Å². The van der Waals surface area contributed by atoms with Crippen LogP contribution in [0.4, 0.5) is 4.79 Å². The van der Waals surface area contributed by atoms with E-state index in [-0.39, 0.29) is 0 Å². The van der Waals surface area contributed by atoms with Crippen molar-refractivity contribution in [3.63, 3.8) is 0 Å². The molecule has 26 heavy (non-hydrogen) atoms. The zero-order chi connectivity index (χ0) is 18.8. The number of aryl methyl sites for hydroxylation is 3. The summed E-state index contributed by atoms with van der Waals surface area (Å²) in [6, 6.07) is 14.3. The van der Waals surface area contributed by atoms with Crippen molar-refractivity contribution in [2.24, 2.45) is 0 Å². The van der Waals surface area contributed by atoms with Crippen molar-refractivity contribution in [2.45, 2.75) is 27.3 Å². The lowest BCUT2D eigenvalue weighted by atomic mass is 10.0. The molecule has 0 spiro atoms. The van der Waals surface area contributed by atoms with E-state index in [2.05, 4.69) is 32.0 Å². The first-order valence-corrected chi connectivity index (χ1v) is 8.52. The molecule has 1 heterocycles. The fraction of sp³-hybridized carbons (Fsp3) is 0.238. The second kappa shape index (κ2) is 7.04. The molecule has 0 unspecified atom stereocenters. The predicted molar refractivity (Wildman–Crippen MR) is 103 cm³/mol. The average Bonchev–Trinajstić information content (AvgIpc) is 3.06. The standard InChI is InChI=1S/C21H23N3O2/c1-14-5-8-19(16(3)11-14)20-9-10-24(22-20)18-7-6-15(2)17(12-18)13-23(4)21(25)26/h5-12H,13H2,1-4H3,(H,25,26). The minimum absolute atomic E-state index is 0.347. The Morgan fingerprint density at radius 1 is 1.08 bits per heavy atom. The van der Waals surface area contributed by atoms with E-state index in [1.54, 1.807) is 7.05 Å². The summed E-state index contributed by atoms with van der Waals surface area (Å²) in [6.45, 7) is 6.50. The molecule has 0 atom stereocenters. The van der Waals surface area contributed by atoms with E-state index < -0.39 is 6.09 Å². The molecule has 0 bridgehead atoms. The van der Waals surface area contributed by atoms with Gasteiger partial charge >= 0.3 is 6.09 Å². The van der Waals surface area contributed by atoms with Crippen molar-refractivity contribution in [1.82, 2.24) is 14.7 Å². The van der Waals surface area contributed by atoms with Gasteiger partial charge in [0.05, 0.1) is 11.4 Å². The maximum Gasteiger partial charge on any atom is 0.407 e. The first kappa shape index (κ1) is 17.7. The molecule has 0 aliphatic heterocycles. The Bertz CT molecular complexity index is 960. The Morgan fingerprint density at radius 3 is 2.54 bits per heavy atom. The molecule has 134 valence electrons. The lowest BCUT2D eigenvalue weighted by Gasteiger charge is -2.15. The maximum atomic E-state index is 11.1. The Hall–Kier alpha value is -3.08. The third-order valence-corrected chi connectivity index (χ3v) is 4.58. The zero-order valence-corrected chi connectivity index (χ0v) is 15.5. The summed E-state index contributed by atoms with van der Waals surface area (Å²) in [5.41, 5.74) is 7.42. The molecule has 0 saturated heterocycles. The van der Waals surface area contributed by atoms with Gasteiger partial charge < -0.3 is 10.0 Å². The van der Waals surface area contributed by atoms with Crippen molar-refractivity contribution in [1.29, 1.82) is 0 Å². The largest absolute Gasteiger partial charge is 0.465 e. The van der Waals surface area contributed by atoms with Crippen molar-refractivity contribution in [3.05, 3.63) is 70.9 Å². The van der Waals surface area contributed by atoms with Crippen LogP contribution in [0.15, 0.2) is 48.7 Å². The number of carbonyl (C=O) groups is 1. The molecular weight excluding hydrogens is 326 g/mol. The van der Waals surface area contributed by atoms with Crippen LogP contribution in [0.3, 0.4) is 0 Å². The Kier molecular flexibility index (Phi) is 4.80. The summed E-state index contributed by atoms with van der Waals surface area (Å²) in [5, 5.41) is 13.8. The van der Waals surface area contributed by atoms with Crippen LogP contribution in [-0.2, 0) is 6.54 Å². The van der Waals surface area contributed by atoms with Gasteiger partial charge in [-0.25, -0.2) is 9.48 Å². The molecule has 5 nitrogen and oxygen atoms in total. The van der Waals surface area contributed by atoms with Crippen LogP contribution in [0.25, 0.3) is 16.9 Å². The Labute approximate surface area is 153 Å². The van der Waals surface area contributed by atoms with Gasteiger partial charge in [0, 0.05) is 25.4 Å². The molecule has 0 saturated carbocycles. The van der Waals surface area contributed by atoms with Crippen LogP contribution >= 0.6 is 0 Å². The molecule has 3 rings (SSSR count). The summed E-state index contributed by atoms with van der Waals surface area (Å²) in [6.07, 6.45) is 0.996. The third-order valence-electron chi connectivity index (χ3n) is 4.58. The molecule has 5 heteroatoms. The van der Waals surface area contributed by atoms with Crippen LogP contribution in [0.5, 0.6) is 0 Å². The molecule has 1 amide bonds. The summed E-state index contributed by atoms with van der Waals surface area (Å²) in [4.78, 5) is 12.4. The highest BCUT2D eigenvalue weighted by atomic mass is 16.4. The van der Waals surface area contributed by atoms with Gasteiger partial charge in [-0.3, -0.25) is 0 Å². The minimum atomic E-state index is -0.939.